The van der Waals surface area contributed by atoms with E-state index in [4.69, 9.17) is 15.0 Å². The average Bonchev–Trinajstić information content (AvgIpc) is 3.11. The smallest absolute Gasteiger partial charge is 0.252 e. The van der Waals surface area contributed by atoms with Crippen LogP contribution in [0.4, 0.5) is 5.69 Å². The topological polar surface area (TPSA) is 116 Å². The van der Waals surface area contributed by atoms with Crippen LogP contribution < -0.4 is 15.8 Å². The Balaban J connectivity index is 1.91. The third kappa shape index (κ3) is 3.68. The molecule has 0 spiro atoms. The van der Waals surface area contributed by atoms with Crippen molar-refractivity contribution < 1.29 is 14.1 Å². The van der Waals surface area contributed by atoms with E-state index < -0.39 is 5.91 Å². The van der Waals surface area contributed by atoms with Gasteiger partial charge in [-0.2, -0.15) is 0 Å². The monoisotopic (exact) mass is 417 g/mol. The fraction of sp³-hybridized carbons (Fsp3) is 0.217. The summed E-state index contributed by atoms with van der Waals surface area (Å²) in [5.41, 5.74) is 10.5. The number of nitrogens with two attached hydrogens (primary N) is 1. The summed E-state index contributed by atoms with van der Waals surface area (Å²) in [4.78, 5) is 21.0. The molecule has 3 heterocycles. The van der Waals surface area contributed by atoms with Gasteiger partial charge in [0.05, 0.1) is 46.9 Å². The van der Waals surface area contributed by atoms with Crippen LogP contribution in [0, 0.1) is 13.8 Å². The van der Waals surface area contributed by atoms with E-state index >= 15 is 0 Å². The van der Waals surface area contributed by atoms with Crippen molar-refractivity contribution in [3.8, 4) is 16.9 Å². The maximum absolute atomic E-state index is 12.2. The third-order valence-corrected chi connectivity index (χ3v) is 5.25. The first kappa shape index (κ1) is 20.3. The number of nitrogens with zero attached hydrogens (tertiary/aromatic N) is 3. The van der Waals surface area contributed by atoms with Gasteiger partial charge in [0.2, 0.25) is 0 Å². The molecule has 0 aliphatic rings. The largest absolute Gasteiger partial charge is 0.496 e. The first-order valence-corrected chi connectivity index (χ1v) is 9.82. The van der Waals surface area contributed by atoms with Crippen molar-refractivity contribution in [2.45, 2.75) is 26.8 Å². The minimum absolute atomic E-state index is 0.168. The molecule has 0 saturated carbocycles. The average molecular weight is 417 g/mol. The van der Waals surface area contributed by atoms with Gasteiger partial charge in [0.15, 0.2) is 0 Å². The molecule has 0 fully saturated rings. The van der Waals surface area contributed by atoms with Gasteiger partial charge in [0, 0.05) is 23.3 Å². The second-order valence-electron chi connectivity index (χ2n) is 7.30. The van der Waals surface area contributed by atoms with Crippen molar-refractivity contribution in [2.24, 2.45) is 5.73 Å². The normalized spacial score (nSPS) is 12.0. The lowest BCUT2D eigenvalue weighted by Crippen LogP contribution is -2.17. The first-order chi connectivity index (χ1) is 14.9. The molecular formula is C23H23N5O3. The molecule has 1 amide bonds. The number of hydrogen-bond donors (Lipinski definition) is 2. The van der Waals surface area contributed by atoms with Gasteiger partial charge >= 0.3 is 0 Å². The molecule has 0 radical (unpaired) electrons. The van der Waals surface area contributed by atoms with Gasteiger partial charge in [-0.1, -0.05) is 11.2 Å². The van der Waals surface area contributed by atoms with Gasteiger partial charge in [-0.05, 0) is 45.0 Å². The van der Waals surface area contributed by atoms with Crippen LogP contribution in [0.5, 0.6) is 5.75 Å². The van der Waals surface area contributed by atoms with Gasteiger partial charge in [-0.15, -0.1) is 0 Å². The maximum atomic E-state index is 12.2. The Kier molecular flexibility index (Phi) is 5.29. The van der Waals surface area contributed by atoms with E-state index in [-0.39, 0.29) is 6.04 Å². The number of benzene rings is 1. The quantitative estimate of drug-likeness (QED) is 0.483. The summed E-state index contributed by atoms with van der Waals surface area (Å²) in [6.45, 7) is 5.69. The van der Waals surface area contributed by atoms with Crippen LogP contribution in [0.3, 0.4) is 0 Å². The summed E-state index contributed by atoms with van der Waals surface area (Å²) in [5, 5.41) is 8.15. The number of primary amides is 1. The molecule has 0 unspecified atom stereocenters. The zero-order chi connectivity index (χ0) is 22.1. The van der Waals surface area contributed by atoms with E-state index in [1.807, 2.05) is 51.1 Å². The summed E-state index contributed by atoms with van der Waals surface area (Å²) in [6, 6.07) is 9.28. The molecule has 1 aromatic carbocycles. The van der Waals surface area contributed by atoms with Gasteiger partial charge in [-0.3, -0.25) is 14.8 Å². The summed E-state index contributed by atoms with van der Waals surface area (Å²) >= 11 is 0. The summed E-state index contributed by atoms with van der Waals surface area (Å²) in [7, 11) is 1.60. The molecule has 0 bridgehead atoms. The van der Waals surface area contributed by atoms with Gasteiger partial charge in [-0.25, -0.2) is 0 Å². The zero-order valence-electron chi connectivity index (χ0n) is 17.8. The van der Waals surface area contributed by atoms with Crippen molar-refractivity contribution in [1.29, 1.82) is 0 Å². The number of carbonyl (C=O) groups is 1. The van der Waals surface area contributed by atoms with Gasteiger partial charge in [0.25, 0.3) is 5.91 Å². The maximum Gasteiger partial charge on any atom is 0.252 e. The molecule has 0 aliphatic heterocycles. The number of nitrogens with one attached hydrogen (secondary N) is 1. The number of amides is 1. The second-order valence-corrected chi connectivity index (χ2v) is 7.30. The third-order valence-electron chi connectivity index (χ3n) is 5.25. The fourth-order valence-corrected chi connectivity index (χ4v) is 3.72. The van der Waals surface area contributed by atoms with E-state index in [0.717, 1.165) is 22.5 Å². The lowest BCUT2D eigenvalue weighted by molar-refractivity contribution is 0.100. The number of pyridine rings is 2. The number of aryl methyl sites for hydroxylation is 2. The molecule has 0 saturated heterocycles. The summed E-state index contributed by atoms with van der Waals surface area (Å²) in [5.74, 6) is 0.726. The molecule has 4 rings (SSSR count). The lowest BCUT2D eigenvalue weighted by atomic mass is 9.99. The van der Waals surface area contributed by atoms with Crippen molar-refractivity contribution in [3.63, 3.8) is 0 Å². The highest BCUT2D eigenvalue weighted by Crippen LogP contribution is 2.40. The Labute approximate surface area is 179 Å². The minimum atomic E-state index is -0.570. The summed E-state index contributed by atoms with van der Waals surface area (Å²) < 4.78 is 11.0. The number of fused-ring (bicyclic) bond motifs is 1. The Hall–Kier alpha value is -3.94. The molecule has 0 aliphatic carbocycles. The number of ether oxygens (including phenoxy) is 1. The van der Waals surface area contributed by atoms with E-state index in [9.17, 15) is 4.79 Å². The van der Waals surface area contributed by atoms with Crippen molar-refractivity contribution >= 4 is 22.5 Å². The van der Waals surface area contributed by atoms with E-state index in [1.54, 1.807) is 13.3 Å². The van der Waals surface area contributed by atoms with Crippen LogP contribution in [0.1, 0.15) is 40.5 Å². The highest BCUT2D eigenvalue weighted by Gasteiger charge is 2.21. The van der Waals surface area contributed by atoms with Crippen molar-refractivity contribution in [3.05, 3.63) is 65.4 Å². The van der Waals surface area contributed by atoms with Crippen LogP contribution >= 0.6 is 0 Å². The zero-order valence-corrected chi connectivity index (χ0v) is 17.8. The minimum Gasteiger partial charge on any atom is -0.496 e. The van der Waals surface area contributed by atoms with Gasteiger partial charge in [0.1, 0.15) is 11.5 Å². The fourth-order valence-electron chi connectivity index (χ4n) is 3.72. The van der Waals surface area contributed by atoms with E-state index in [1.165, 1.54) is 6.20 Å². The van der Waals surface area contributed by atoms with Crippen LogP contribution in [-0.4, -0.2) is 28.1 Å². The standard InChI is InChI=1S/C23H23N5O3/c1-12(18-7-5-6-8-25-18)27-22-15-10-20(30-4)16(21-13(2)28-31-14(21)3)9-19(15)26-11-17(22)23(24)29/h5-12H,1-4H3,(H2,24,29)(H,26,27)/t12-/m1/s1. The Morgan fingerprint density at radius 2 is 2.03 bits per heavy atom. The van der Waals surface area contributed by atoms with Crippen molar-refractivity contribution in [2.75, 3.05) is 12.4 Å². The molecule has 8 heteroatoms. The molecular weight excluding hydrogens is 394 g/mol. The summed E-state index contributed by atoms with van der Waals surface area (Å²) in [6.07, 6.45) is 3.22. The Bertz CT molecular complexity index is 1250. The number of rotatable bonds is 6. The van der Waals surface area contributed by atoms with Crippen LogP contribution in [0.15, 0.2) is 47.2 Å². The molecule has 8 nitrogen and oxygen atoms in total. The van der Waals surface area contributed by atoms with Crippen LogP contribution in [-0.2, 0) is 0 Å². The molecule has 3 aromatic heterocycles. The van der Waals surface area contributed by atoms with Gasteiger partial charge < -0.3 is 20.3 Å². The molecule has 1 atom stereocenters. The lowest BCUT2D eigenvalue weighted by Gasteiger charge is -2.19. The number of methoxy groups -OCH3 is 1. The van der Waals surface area contributed by atoms with Crippen molar-refractivity contribution in [1.82, 2.24) is 15.1 Å². The predicted molar refractivity (Wildman–Crippen MR) is 118 cm³/mol. The second kappa shape index (κ2) is 8.06. The molecule has 4 aromatic rings. The molecule has 158 valence electrons. The number of carbonyl (C=O) groups excluding carboxylic acids is 1. The van der Waals surface area contributed by atoms with Crippen LogP contribution in [0.25, 0.3) is 22.0 Å². The Morgan fingerprint density at radius 1 is 1.23 bits per heavy atom. The predicted octanol–water partition coefficient (Wildman–Crippen LogP) is 4.18. The molecule has 3 N–H and O–H groups in total. The number of anilines is 1. The van der Waals surface area contributed by atoms with E-state index in [0.29, 0.717) is 33.7 Å². The first-order valence-electron chi connectivity index (χ1n) is 9.82. The highest BCUT2D eigenvalue weighted by molar-refractivity contribution is 6.07. The SMILES string of the molecule is COc1cc2c(N[C@H](C)c3ccccn3)c(C(N)=O)cnc2cc1-c1c(C)noc1C. The Morgan fingerprint density at radius 3 is 2.65 bits per heavy atom. The van der Waals surface area contributed by atoms with E-state index in [2.05, 4.69) is 20.4 Å². The van der Waals surface area contributed by atoms with Crippen LogP contribution in [0.2, 0.25) is 0 Å². The highest BCUT2D eigenvalue weighted by atomic mass is 16.5. The number of aromatic nitrogens is 3. The number of hydrogen-bond acceptors (Lipinski definition) is 7. The molecule has 31 heavy (non-hydrogen) atoms.